The second kappa shape index (κ2) is 6.48. The molecule has 0 radical (unpaired) electrons. The number of carbonyl (C=O) groups excluding carboxylic acids is 1. The SMILES string of the molecule is CNC(=O)CCCOc1ccc(C#N)cc1F. The molecule has 0 aliphatic rings. The van der Waals surface area contributed by atoms with Crippen LogP contribution in [0.3, 0.4) is 0 Å². The van der Waals surface area contributed by atoms with Crippen molar-refractivity contribution in [2.24, 2.45) is 0 Å². The third-order valence-electron chi connectivity index (χ3n) is 2.15. The molecule has 0 atom stereocenters. The van der Waals surface area contributed by atoms with Crippen molar-refractivity contribution in [3.05, 3.63) is 29.6 Å². The lowest BCUT2D eigenvalue weighted by Gasteiger charge is -2.06. The van der Waals surface area contributed by atoms with Crippen molar-refractivity contribution >= 4 is 5.91 Å². The van der Waals surface area contributed by atoms with Gasteiger partial charge in [0.2, 0.25) is 5.91 Å². The van der Waals surface area contributed by atoms with Gasteiger partial charge in [0.05, 0.1) is 18.2 Å². The third kappa shape index (κ3) is 4.11. The predicted molar refractivity (Wildman–Crippen MR) is 59.9 cm³/mol. The lowest BCUT2D eigenvalue weighted by molar-refractivity contribution is -0.120. The number of halogens is 1. The minimum atomic E-state index is -0.566. The lowest BCUT2D eigenvalue weighted by Crippen LogP contribution is -2.18. The number of ether oxygens (including phenoxy) is 1. The van der Waals surface area contributed by atoms with Crippen molar-refractivity contribution in [1.82, 2.24) is 5.32 Å². The second-order valence-corrected chi connectivity index (χ2v) is 3.38. The van der Waals surface area contributed by atoms with E-state index in [1.807, 2.05) is 6.07 Å². The van der Waals surface area contributed by atoms with Gasteiger partial charge >= 0.3 is 0 Å². The Labute approximate surface area is 99.0 Å². The molecule has 0 spiro atoms. The molecule has 5 heteroatoms. The van der Waals surface area contributed by atoms with Gasteiger partial charge < -0.3 is 10.1 Å². The fourth-order valence-corrected chi connectivity index (χ4v) is 1.23. The highest BCUT2D eigenvalue weighted by Crippen LogP contribution is 2.18. The molecule has 0 bridgehead atoms. The number of hydrogen-bond donors (Lipinski definition) is 1. The zero-order chi connectivity index (χ0) is 12.7. The fourth-order valence-electron chi connectivity index (χ4n) is 1.23. The molecule has 0 aliphatic heterocycles. The summed E-state index contributed by atoms with van der Waals surface area (Å²) < 4.78 is 18.5. The standard InChI is InChI=1S/C12H13FN2O2/c1-15-12(16)3-2-6-17-11-5-4-9(8-14)7-10(11)13/h4-5,7H,2-3,6H2,1H3,(H,15,16). The minimum absolute atomic E-state index is 0.0751. The number of carbonyl (C=O) groups is 1. The van der Waals surface area contributed by atoms with Gasteiger partial charge in [0.1, 0.15) is 0 Å². The quantitative estimate of drug-likeness (QED) is 0.790. The van der Waals surface area contributed by atoms with Crippen LogP contribution in [0.5, 0.6) is 5.75 Å². The molecule has 0 unspecified atom stereocenters. The van der Waals surface area contributed by atoms with E-state index >= 15 is 0 Å². The number of nitriles is 1. The van der Waals surface area contributed by atoms with E-state index in [4.69, 9.17) is 10.00 Å². The van der Waals surface area contributed by atoms with Crippen LogP contribution in [0.15, 0.2) is 18.2 Å². The maximum Gasteiger partial charge on any atom is 0.219 e. The van der Waals surface area contributed by atoms with E-state index in [0.29, 0.717) is 12.8 Å². The first kappa shape index (κ1) is 13.0. The summed E-state index contributed by atoms with van der Waals surface area (Å²) >= 11 is 0. The lowest BCUT2D eigenvalue weighted by atomic mass is 10.2. The predicted octanol–water partition coefficient (Wildman–Crippen LogP) is 1.60. The largest absolute Gasteiger partial charge is 0.491 e. The van der Waals surface area contributed by atoms with Crippen LogP contribution in [0.2, 0.25) is 0 Å². The van der Waals surface area contributed by atoms with Crippen LogP contribution in [0.4, 0.5) is 4.39 Å². The Morgan fingerprint density at radius 2 is 2.35 bits per heavy atom. The molecule has 0 aromatic heterocycles. The molecule has 0 heterocycles. The first-order valence-electron chi connectivity index (χ1n) is 5.20. The van der Waals surface area contributed by atoms with Gasteiger partial charge in [-0.05, 0) is 24.6 Å². The minimum Gasteiger partial charge on any atom is -0.491 e. The third-order valence-corrected chi connectivity index (χ3v) is 2.15. The molecule has 90 valence electrons. The average Bonchev–Trinajstić information content (AvgIpc) is 2.35. The molecular formula is C12H13FN2O2. The van der Waals surface area contributed by atoms with Crippen LogP contribution in [-0.2, 0) is 4.79 Å². The van der Waals surface area contributed by atoms with Gasteiger partial charge in [0, 0.05) is 13.5 Å². The molecule has 0 fully saturated rings. The van der Waals surface area contributed by atoms with Crippen molar-refractivity contribution in [1.29, 1.82) is 5.26 Å². The van der Waals surface area contributed by atoms with E-state index in [-0.39, 0.29) is 23.8 Å². The monoisotopic (exact) mass is 236 g/mol. The number of benzene rings is 1. The Bertz CT molecular complexity index is 441. The van der Waals surface area contributed by atoms with Crippen LogP contribution < -0.4 is 10.1 Å². The molecule has 1 N–H and O–H groups in total. The molecule has 1 aromatic carbocycles. The molecule has 0 saturated carbocycles. The Balaban J connectivity index is 2.42. The summed E-state index contributed by atoms with van der Waals surface area (Å²) in [4.78, 5) is 10.9. The molecule has 1 rings (SSSR count). The summed E-state index contributed by atoms with van der Waals surface area (Å²) in [6.07, 6.45) is 0.855. The summed E-state index contributed by atoms with van der Waals surface area (Å²) in [6.45, 7) is 0.260. The van der Waals surface area contributed by atoms with Gasteiger partial charge in [-0.25, -0.2) is 4.39 Å². The number of hydrogen-bond acceptors (Lipinski definition) is 3. The van der Waals surface area contributed by atoms with Gasteiger partial charge in [-0.15, -0.1) is 0 Å². The zero-order valence-electron chi connectivity index (χ0n) is 9.50. The highest BCUT2D eigenvalue weighted by Gasteiger charge is 2.05. The molecule has 4 nitrogen and oxygen atoms in total. The Morgan fingerprint density at radius 1 is 1.59 bits per heavy atom. The number of nitrogens with zero attached hydrogens (tertiary/aromatic N) is 1. The first-order valence-corrected chi connectivity index (χ1v) is 5.20. The van der Waals surface area contributed by atoms with Crippen molar-refractivity contribution in [2.45, 2.75) is 12.8 Å². The van der Waals surface area contributed by atoms with Crippen molar-refractivity contribution < 1.29 is 13.9 Å². The van der Waals surface area contributed by atoms with Crippen molar-refractivity contribution in [2.75, 3.05) is 13.7 Å². The van der Waals surface area contributed by atoms with Gasteiger partial charge in [0.15, 0.2) is 11.6 Å². The molecule has 1 amide bonds. The topological polar surface area (TPSA) is 62.1 Å². The zero-order valence-corrected chi connectivity index (χ0v) is 9.50. The van der Waals surface area contributed by atoms with E-state index in [2.05, 4.69) is 5.32 Å². The van der Waals surface area contributed by atoms with E-state index in [0.717, 1.165) is 6.07 Å². The van der Waals surface area contributed by atoms with E-state index in [1.165, 1.54) is 12.1 Å². The number of nitrogens with one attached hydrogen (secondary N) is 1. The Kier molecular flexibility index (Phi) is 4.95. The summed E-state index contributed by atoms with van der Waals surface area (Å²) in [7, 11) is 1.56. The van der Waals surface area contributed by atoms with E-state index < -0.39 is 5.82 Å². The summed E-state index contributed by atoms with van der Waals surface area (Å²) in [5.41, 5.74) is 0.250. The second-order valence-electron chi connectivity index (χ2n) is 3.38. The maximum absolute atomic E-state index is 13.3. The van der Waals surface area contributed by atoms with E-state index in [1.54, 1.807) is 7.05 Å². The molecule has 1 aromatic rings. The van der Waals surface area contributed by atoms with Crippen LogP contribution in [0.1, 0.15) is 18.4 Å². The number of rotatable bonds is 5. The Hall–Kier alpha value is -2.09. The maximum atomic E-state index is 13.3. The highest BCUT2D eigenvalue weighted by molar-refractivity contribution is 5.75. The number of amides is 1. The van der Waals surface area contributed by atoms with Crippen LogP contribution >= 0.6 is 0 Å². The normalized spacial score (nSPS) is 9.47. The van der Waals surface area contributed by atoms with Gasteiger partial charge in [-0.2, -0.15) is 5.26 Å². The van der Waals surface area contributed by atoms with Gasteiger partial charge in [-0.3, -0.25) is 4.79 Å². The van der Waals surface area contributed by atoms with Crippen molar-refractivity contribution in [3.8, 4) is 11.8 Å². The van der Waals surface area contributed by atoms with Crippen LogP contribution in [-0.4, -0.2) is 19.6 Å². The summed E-state index contributed by atoms with van der Waals surface area (Å²) in [5.74, 6) is -0.543. The van der Waals surface area contributed by atoms with Crippen LogP contribution in [0.25, 0.3) is 0 Å². The molecular weight excluding hydrogens is 223 g/mol. The van der Waals surface area contributed by atoms with Gasteiger partial charge in [-0.1, -0.05) is 0 Å². The summed E-state index contributed by atoms with van der Waals surface area (Å²) in [5, 5.41) is 11.0. The fraction of sp³-hybridized carbons (Fsp3) is 0.333. The summed E-state index contributed by atoms with van der Waals surface area (Å²) in [6, 6.07) is 5.85. The smallest absolute Gasteiger partial charge is 0.219 e. The highest BCUT2D eigenvalue weighted by atomic mass is 19.1. The van der Waals surface area contributed by atoms with Crippen molar-refractivity contribution in [3.63, 3.8) is 0 Å². The van der Waals surface area contributed by atoms with Gasteiger partial charge in [0.25, 0.3) is 0 Å². The van der Waals surface area contributed by atoms with E-state index in [9.17, 15) is 9.18 Å². The molecule has 0 saturated heterocycles. The Morgan fingerprint density at radius 3 is 2.94 bits per heavy atom. The van der Waals surface area contributed by atoms with Crippen LogP contribution in [0, 0.1) is 17.1 Å². The first-order chi connectivity index (χ1) is 8.17. The molecule has 17 heavy (non-hydrogen) atoms. The molecule has 0 aliphatic carbocycles. The average molecular weight is 236 g/mol.